The minimum absolute atomic E-state index is 0.0578. The number of hydrogen-bond donors (Lipinski definition) is 1. The smallest absolute Gasteiger partial charge is 0.232 e. The van der Waals surface area contributed by atoms with Crippen LogP contribution in [0.1, 0.15) is 37.0 Å². The Morgan fingerprint density at radius 2 is 2.10 bits per heavy atom. The number of thiazole rings is 1. The molecule has 0 aliphatic heterocycles. The van der Waals surface area contributed by atoms with Crippen molar-refractivity contribution in [3.63, 3.8) is 0 Å². The summed E-state index contributed by atoms with van der Waals surface area (Å²) in [7, 11) is 0. The average Bonchev–Trinajstić information content (AvgIpc) is 2.82. The number of aromatic nitrogens is 3. The zero-order valence-electron chi connectivity index (χ0n) is 13.0. The van der Waals surface area contributed by atoms with Crippen molar-refractivity contribution in [3.05, 3.63) is 34.2 Å². The molecular weight excluding hydrogens is 284 g/mol. The minimum atomic E-state index is 0.0578. The molecule has 0 amide bonds. The first-order valence-electron chi connectivity index (χ1n) is 7.02. The first kappa shape index (κ1) is 15.9. The van der Waals surface area contributed by atoms with E-state index in [1.54, 1.807) is 23.7 Å². The van der Waals surface area contributed by atoms with Crippen LogP contribution in [0.25, 0.3) is 0 Å². The molecule has 0 saturated carbocycles. The second-order valence-electron chi connectivity index (χ2n) is 5.91. The first-order chi connectivity index (χ1) is 9.94. The van der Waals surface area contributed by atoms with Gasteiger partial charge in [0, 0.05) is 29.6 Å². The van der Waals surface area contributed by atoms with Gasteiger partial charge >= 0.3 is 0 Å². The second-order valence-corrected chi connectivity index (χ2v) is 6.85. The van der Waals surface area contributed by atoms with Crippen LogP contribution in [0, 0.1) is 6.92 Å². The number of rotatable bonds is 6. The van der Waals surface area contributed by atoms with Gasteiger partial charge in [0.2, 0.25) is 5.88 Å². The van der Waals surface area contributed by atoms with Crippen molar-refractivity contribution in [1.82, 2.24) is 20.3 Å². The van der Waals surface area contributed by atoms with Gasteiger partial charge in [-0.15, -0.1) is 11.3 Å². The summed E-state index contributed by atoms with van der Waals surface area (Å²) in [6, 6.07) is 0. The van der Waals surface area contributed by atoms with Gasteiger partial charge in [-0.05, 0) is 27.7 Å². The van der Waals surface area contributed by atoms with E-state index in [1.165, 1.54) is 4.88 Å². The van der Waals surface area contributed by atoms with E-state index in [0.29, 0.717) is 19.0 Å². The highest BCUT2D eigenvalue weighted by molar-refractivity contribution is 7.09. The van der Waals surface area contributed by atoms with Gasteiger partial charge < -0.3 is 10.1 Å². The lowest BCUT2D eigenvalue weighted by Crippen LogP contribution is -2.35. The summed E-state index contributed by atoms with van der Waals surface area (Å²) in [4.78, 5) is 14.1. The zero-order valence-corrected chi connectivity index (χ0v) is 13.8. The van der Waals surface area contributed by atoms with E-state index in [0.717, 1.165) is 17.8 Å². The second kappa shape index (κ2) is 6.95. The van der Waals surface area contributed by atoms with Gasteiger partial charge in [0.05, 0.1) is 29.7 Å². The topological polar surface area (TPSA) is 59.9 Å². The first-order valence-corrected chi connectivity index (χ1v) is 7.90. The molecule has 2 heterocycles. The average molecular weight is 306 g/mol. The molecule has 0 aromatic carbocycles. The van der Waals surface area contributed by atoms with E-state index in [4.69, 9.17) is 4.74 Å². The van der Waals surface area contributed by atoms with Crippen LogP contribution in [0.5, 0.6) is 5.88 Å². The fourth-order valence-corrected chi connectivity index (χ4v) is 2.47. The Balaban J connectivity index is 1.85. The molecule has 0 unspecified atom stereocenters. The van der Waals surface area contributed by atoms with Crippen molar-refractivity contribution < 1.29 is 4.74 Å². The van der Waals surface area contributed by atoms with Crippen LogP contribution in [0.3, 0.4) is 0 Å². The van der Waals surface area contributed by atoms with Gasteiger partial charge in [0.1, 0.15) is 0 Å². The molecule has 5 nitrogen and oxygen atoms in total. The predicted octanol–water partition coefficient (Wildman–Crippen LogP) is 2.75. The fraction of sp³-hybridized carbons (Fsp3) is 0.533. The molecule has 0 fully saturated rings. The molecule has 0 spiro atoms. The predicted molar refractivity (Wildman–Crippen MR) is 84.7 cm³/mol. The number of hydrogen-bond acceptors (Lipinski definition) is 6. The minimum Gasteiger partial charge on any atom is -0.476 e. The van der Waals surface area contributed by atoms with E-state index < -0.39 is 0 Å². The molecule has 6 heteroatoms. The number of nitrogens with one attached hydrogen (secondary N) is 1. The molecule has 21 heavy (non-hydrogen) atoms. The highest BCUT2D eigenvalue weighted by Crippen LogP contribution is 2.13. The number of aryl methyl sites for hydroxylation is 1. The zero-order chi connectivity index (χ0) is 15.3. The van der Waals surface area contributed by atoms with Crippen molar-refractivity contribution in [2.24, 2.45) is 0 Å². The molecule has 0 aliphatic rings. The van der Waals surface area contributed by atoms with Gasteiger partial charge in [0.15, 0.2) is 0 Å². The van der Waals surface area contributed by atoms with Crippen LogP contribution >= 0.6 is 11.3 Å². The molecule has 0 saturated heterocycles. The quantitative estimate of drug-likeness (QED) is 0.889. The van der Waals surface area contributed by atoms with Crippen LogP contribution in [0.2, 0.25) is 0 Å². The third-order valence-electron chi connectivity index (χ3n) is 2.89. The normalized spacial score (nSPS) is 11.6. The number of nitrogens with zero attached hydrogens (tertiary/aromatic N) is 3. The van der Waals surface area contributed by atoms with E-state index in [-0.39, 0.29) is 5.54 Å². The van der Waals surface area contributed by atoms with Crippen molar-refractivity contribution in [2.45, 2.75) is 46.2 Å². The molecule has 2 aromatic heterocycles. The van der Waals surface area contributed by atoms with Gasteiger partial charge in [-0.3, -0.25) is 4.98 Å². The monoisotopic (exact) mass is 306 g/mol. The molecule has 2 rings (SSSR count). The van der Waals surface area contributed by atoms with E-state index in [9.17, 15) is 0 Å². The Labute approximate surface area is 129 Å². The molecule has 2 aromatic rings. The largest absolute Gasteiger partial charge is 0.476 e. The Morgan fingerprint density at radius 1 is 1.29 bits per heavy atom. The summed E-state index contributed by atoms with van der Waals surface area (Å²) >= 11 is 1.66. The standard InChI is InChI=1S/C15H22N4OS/c1-11-13(21-10-17-11)5-6-20-14-9-16-7-12(19-14)8-18-15(2,3)4/h7,9-10,18H,5-6,8H2,1-4H3. The molecule has 0 aliphatic carbocycles. The van der Waals surface area contributed by atoms with E-state index >= 15 is 0 Å². The van der Waals surface area contributed by atoms with Crippen molar-refractivity contribution >= 4 is 11.3 Å². The SMILES string of the molecule is Cc1ncsc1CCOc1cncc(CNC(C)(C)C)n1. The maximum Gasteiger partial charge on any atom is 0.232 e. The van der Waals surface area contributed by atoms with Crippen LogP contribution in [-0.2, 0) is 13.0 Å². The summed E-state index contributed by atoms with van der Waals surface area (Å²) < 4.78 is 5.68. The molecule has 114 valence electrons. The van der Waals surface area contributed by atoms with Crippen molar-refractivity contribution in [3.8, 4) is 5.88 Å². The van der Waals surface area contributed by atoms with Gasteiger partial charge in [-0.25, -0.2) is 9.97 Å². The lowest BCUT2D eigenvalue weighted by molar-refractivity contribution is 0.306. The third-order valence-corrected chi connectivity index (χ3v) is 3.88. The molecule has 0 radical (unpaired) electrons. The van der Waals surface area contributed by atoms with Gasteiger partial charge in [-0.2, -0.15) is 0 Å². The highest BCUT2D eigenvalue weighted by atomic mass is 32.1. The van der Waals surface area contributed by atoms with Crippen LogP contribution in [0.15, 0.2) is 17.9 Å². The highest BCUT2D eigenvalue weighted by Gasteiger charge is 2.09. The summed E-state index contributed by atoms with van der Waals surface area (Å²) in [5.74, 6) is 0.574. The lowest BCUT2D eigenvalue weighted by atomic mass is 10.1. The fourth-order valence-electron chi connectivity index (χ4n) is 1.71. The third kappa shape index (κ3) is 5.40. The van der Waals surface area contributed by atoms with Crippen molar-refractivity contribution in [2.75, 3.05) is 6.61 Å². The molecule has 0 bridgehead atoms. The van der Waals surface area contributed by atoms with Crippen LogP contribution in [-0.4, -0.2) is 27.1 Å². The maximum atomic E-state index is 5.68. The molecule has 0 atom stereocenters. The van der Waals surface area contributed by atoms with Crippen LogP contribution < -0.4 is 10.1 Å². The summed E-state index contributed by atoms with van der Waals surface area (Å²) in [5.41, 5.74) is 3.89. The Hall–Kier alpha value is -1.53. The number of ether oxygens (including phenoxy) is 1. The van der Waals surface area contributed by atoms with Gasteiger partial charge in [0.25, 0.3) is 0 Å². The molecule has 1 N–H and O–H groups in total. The summed E-state index contributed by atoms with van der Waals surface area (Å²) in [6.45, 7) is 9.66. The Morgan fingerprint density at radius 3 is 2.76 bits per heavy atom. The Kier molecular flexibility index (Phi) is 5.25. The maximum absolute atomic E-state index is 5.68. The van der Waals surface area contributed by atoms with Crippen LogP contribution in [0.4, 0.5) is 0 Å². The van der Waals surface area contributed by atoms with E-state index in [2.05, 4.69) is 41.0 Å². The lowest BCUT2D eigenvalue weighted by Gasteiger charge is -2.20. The molecular formula is C15H22N4OS. The van der Waals surface area contributed by atoms with Gasteiger partial charge in [-0.1, -0.05) is 0 Å². The Bertz CT molecular complexity index is 577. The summed E-state index contributed by atoms with van der Waals surface area (Å²) in [5, 5.41) is 3.39. The summed E-state index contributed by atoms with van der Waals surface area (Å²) in [6.07, 6.45) is 4.27. The van der Waals surface area contributed by atoms with Crippen molar-refractivity contribution in [1.29, 1.82) is 0 Å². The van der Waals surface area contributed by atoms with E-state index in [1.807, 2.05) is 12.4 Å².